The molecule has 0 saturated heterocycles. The van der Waals surface area contributed by atoms with Gasteiger partial charge in [0.1, 0.15) is 5.71 Å². The number of ketones is 1. The molecule has 0 aromatic carbocycles. The zero-order chi connectivity index (χ0) is 9.19. The van der Waals surface area contributed by atoms with Gasteiger partial charge in [0.2, 0.25) is 11.6 Å². The number of allylic oxidation sites excluding steroid dienone is 2. The van der Waals surface area contributed by atoms with Crippen molar-refractivity contribution in [2.45, 2.75) is 5.79 Å². The first kappa shape index (κ1) is 8.63. The van der Waals surface area contributed by atoms with Crippen molar-refractivity contribution in [3.63, 3.8) is 0 Å². The third-order valence-electron chi connectivity index (χ3n) is 1.37. The molecule has 0 radical (unpaired) electrons. The number of hydrogen-bond donors (Lipinski definition) is 3. The van der Waals surface area contributed by atoms with Gasteiger partial charge in [-0.25, -0.2) is 0 Å². The second-order valence-corrected chi connectivity index (χ2v) is 2.28. The maximum absolute atomic E-state index is 10.8. The Hall–Kier alpha value is -1.46. The molecule has 0 aromatic heterocycles. The van der Waals surface area contributed by atoms with Crippen LogP contribution in [0.4, 0.5) is 0 Å². The molecule has 0 aliphatic heterocycles. The van der Waals surface area contributed by atoms with Crippen LogP contribution in [-0.4, -0.2) is 32.7 Å². The average Bonchev–Trinajstić information content (AvgIpc) is 2.14. The van der Waals surface area contributed by atoms with Crippen LogP contribution in [0.3, 0.4) is 0 Å². The lowest BCUT2D eigenvalue weighted by Crippen LogP contribution is -2.34. The van der Waals surface area contributed by atoms with Gasteiger partial charge >= 0.3 is 0 Å². The molecule has 1 rings (SSSR count). The van der Waals surface area contributed by atoms with Crippen LogP contribution in [0.25, 0.3) is 0 Å². The fraction of sp³-hybridized carbons (Fsp3) is 0.143. The second-order valence-electron chi connectivity index (χ2n) is 2.28. The van der Waals surface area contributed by atoms with Crippen molar-refractivity contribution >= 4 is 11.5 Å². The molecule has 5 heteroatoms. The molecule has 0 bridgehead atoms. The van der Waals surface area contributed by atoms with Gasteiger partial charge in [-0.1, -0.05) is 5.16 Å². The predicted molar refractivity (Wildman–Crippen MR) is 39.7 cm³/mol. The normalized spacial score (nSPS) is 24.5. The van der Waals surface area contributed by atoms with Crippen molar-refractivity contribution in [1.29, 1.82) is 0 Å². The van der Waals surface area contributed by atoms with Gasteiger partial charge in [0.15, 0.2) is 0 Å². The SMILES string of the molecule is O=C1C=C/C(=N\O)C=CC1(O)O. The van der Waals surface area contributed by atoms with Gasteiger partial charge < -0.3 is 15.4 Å². The largest absolute Gasteiger partial charge is 0.410 e. The molecule has 0 fully saturated rings. The summed E-state index contributed by atoms with van der Waals surface area (Å²) < 4.78 is 0. The lowest BCUT2D eigenvalue weighted by Gasteiger charge is -2.10. The van der Waals surface area contributed by atoms with Crippen LogP contribution >= 0.6 is 0 Å². The fourth-order valence-electron chi connectivity index (χ4n) is 0.690. The van der Waals surface area contributed by atoms with Crippen molar-refractivity contribution in [3.8, 4) is 0 Å². The second kappa shape index (κ2) is 2.88. The Kier molecular flexibility index (Phi) is 2.07. The van der Waals surface area contributed by atoms with Gasteiger partial charge in [0.25, 0.3) is 0 Å². The lowest BCUT2D eigenvalue weighted by atomic mass is 10.2. The molecular formula is C7H7NO4. The van der Waals surface area contributed by atoms with E-state index in [4.69, 9.17) is 15.4 Å². The van der Waals surface area contributed by atoms with E-state index in [1.165, 1.54) is 6.08 Å². The molecular weight excluding hydrogens is 162 g/mol. The molecule has 0 aromatic rings. The van der Waals surface area contributed by atoms with Gasteiger partial charge in [-0.05, 0) is 24.3 Å². The molecule has 1 aliphatic rings. The minimum atomic E-state index is -2.50. The molecule has 0 atom stereocenters. The van der Waals surface area contributed by atoms with E-state index >= 15 is 0 Å². The summed E-state index contributed by atoms with van der Waals surface area (Å²) in [5, 5.41) is 29.0. The zero-order valence-electron chi connectivity index (χ0n) is 6.01. The molecule has 64 valence electrons. The number of carbonyl (C=O) groups excluding carboxylic acids is 1. The lowest BCUT2D eigenvalue weighted by molar-refractivity contribution is -0.159. The first-order chi connectivity index (χ1) is 5.56. The third kappa shape index (κ3) is 1.58. The van der Waals surface area contributed by atoms with Gasteiger partial charge in [0.05, 0.1) is 0 Å². The fourth-order valence-corrected chi connectivity index (χ4v) is 0.690. The minimum Gasteiger partial charge on any atom is -0.410 e. The number of aliphatic hydroxyl groups is 2. The maximum atomic E-state index is 10.8. The Labute approximate surface area is 67.9 Å². The summed E-state index contributed by atoms with van der Waals surface area (Å²) in [7, 11) is 0. The van der Waals surface area contributed by atoms with E-state index in [2.05, 4.69) is 5.16 Å². The highest BCUT2D eigenvalue weighted by atomic mass is 16.5. The smallest absolute Gasteiger partial charge is 0.248 e. The van der Waals surface area contributed by atoms with E-state index < -0.39 is 11.6 Å². The van der Waals surface area contributed by atoms with Crippen molar-refractivity contribution in [3.05, 3.63) is 24.3 Å². The standard InChI is InChI=1S/C7H7NO4/c9-6-2-1-5(8-12)3-4-7(6,10)11/h1-4,10-12H/b8-5+. The quantitative estimate of drug-likeness (QED) is 0.251. The highest BCUT2D eigenvalue weighted by molar-refractivity contribution is 6.11. The summed E-state index contributed by atoms with van der Waals surface area (Å²) >= 11 is 0. The van der Waals surface area contributed by atoms with Gasteiger partial charge in [0, 0.05) is 0 Å². The molecule has 1 aliphatic carbocycles. The maximum Gasteiger partial charge on any atom is 0.248 e. The molecule has 0 spiro atoms. The number of oxime groups is 1. The van der Waals surface area contributed by atoms with Crippen LogP contribution in [0.15, 0.2) is 29.5 Å². The minimum absolute atomic E-state index is 0.0772. The summed E-state index contributed by atoms with van der Waals surface area (Å²) in [6.07, 6.45) is 4.06. The third-order valence-corrected chi connectivity index (χ3v) is 1.37. The summed E-state index contributed by atoms with van der Waals surface area (Å²) in [6.45, 7) is 0. The zero-order valence-corrected chi connectivity index (χ0v) is 6.01. The molecule has 0 saturated carbocycles. The monoisotopic (exact) mass is 169 g/mol. The van der Waals surface area contributed by atoms with Crippen LogP contribution < -0.4 is 0 Å². The summed E-state index contributed by atoms with van der Waals surface area (Å²) in [4.78, 5) is 10.8. The van der Waals surface area contributed by atoms with Crippen LogP contribution in [0, 0.1) is 0 Å². The van der Waals surface area contributed by atoms with Crippen molar-refractivity contribution in [2.75, 3.05) is 0 Å². The predicted octanol–water partition coefficient (Wildman–Crippen LogP) is -0.807. The Morgan fingerprint density at radius 1 is 1.25 bits per heavy atom. The van der Waals surface area contributed by atoms with Crippen LogP contribution in [-0.2, 0) is 4.79 Å². The van der Waals surface area contributed by atoms with Crippen LogP contribution in [0.1, 0.15) is 0 Å². The van der Waals surface area contributed by atoms with E-state index in [0.29, 0.717) is 0 Å². The topological polar surface area (TPSA) is 90.1 Å². The summed E-state index contributed by atoms with van der Waals surface area (Å²) in [5.74, 6) is -3.37. The van der Waals surface area contributed by atoms with Gasteiger partial charge in [-0.15, -0.1) is 0 Å². The molecule has 0 unspecified atom stereocenters. The highest BCUT2D eigenvalue weighted by Crippen LogP contribution is 2.08. The highest BCUT2D eigenvalue weighted by Gasteiger charge is 2.28. The first-order valence-electron chi connectivity index (χ1n) is 3.15. The molecule has 0 amide bonds. The molecule has 0 heterocycles. The van der Waals surface area contributed by atoms with E-state index in [9.17, 15) is 4.79 Å². The Bertz CT molecular complexity index is 288. The van der Waals surface area contributed by atoms with Gasteiger partial charge in [-0.3, -0.25) is 4.79 Å². The average molecular weight is 169 g/mol. The molecule has 5 nitrogen and oxygen atoms in total. The number of rotatable bonds is 0. The van der Waals surface area contributed by atoms with Gasteiger partial charge in [-0.2, -0.15) is 0 Å². The van der Waals surface area contributed by atoms with Crippen LogP contribution in [0.5, 0.6) is 0 Å². The number of nitrogens with zero attached hydrogens (tertiary/aromatic N) is 1. The number of carbonyl (C=O) groups is 1. The first-order valence-corrected chi connectivity index (χ1v) is 3.15. The summed E-state index contributed by atoms with van der Waals surface area (Å²) in [5.41, 5.74) is 0.0772. The van der Waals surface area contributed by atoms with E-state index in [0.717, 1.165) is 18.2 Å². The van der Waals surface area contributed by atoms with E-state index in [1.54, 1.807) is 0 Å². The molecule has 3 N–H and O–H groups in total. The van der Waals surface area contributed by atoms with E-state index in [1.807, 2.05) is 0 Å². The Morgan fingerprint density at radius 3 is 2.50 bits per heavy atom. The summed E-state index contributed by atoms with van der Waals surface area (Å²) in [6, 6.07) is 0. The van der Waals surface area contributed by atoms with Crippen molar-refractivity contribution in [1.82, 2.24) is 0 Å². The number of hydrogen-bond acceptors (Lipinski definition) is 5. The molecule has 12 heavy (non-hydrogen) atoms. The van der Waals surface area contributed by atoms with Crippen molar-refractivity contribution in [2.24, 2.45) is 5.16 Å². The van der Waals surface area contributed by atoms with E-state index in [-0.39, 0.29) is 5.71 Å². The van der Waals surface area contributed by atoms with Crippen LogP contribution in [0.2, 0.25) is 0 Å². The Balaban J connectivity index is 3.06. The van der Waals surface area contributed by atoms with Crippen molar-refractivity contribution < 1.29 is 20.2 Å². The Morgan fingerprint density at radius 2 is 1.92 bits per heavy atom.